The van der Waals surface area contributed by atoms with E-state index in [0.29, 0.717) is 11.5 Å². The number of carbonyl (C=O) groups is 1. The van der Waals surface area contributed by atoms with Gasteiger partial charge in [-0.05, 0) is 12.1 Å². The topological polar surface area (TPSA) is 82.1 Å². The van der Waals surface area contributed by atoms with E-state index < -0.39 is 10.0 Å². The SMILES string of the molecule is COC(=O)C1CN(S(=O)(=O)c2ccc3c(c2)OCO3)C1. The van der Waals surface area contributed by atoms with Gasteiger partial charge in [-0.1, -0.05) is 0 Å². The van der Waals surface area contributed by atoms with Crippen molar-refractivity contribution in [2.45, 2.75) is 4.90 Å². The molecule has 2 aliphatic heterocycles. The Morgan fingerprint density at radius 1 is 1.30 bits per heavy atom. The number of rotatable bonds is 3. The van der Waals surface area contributed by atoms with E-state index in [2.05, 4.69) is 4.74 Å². The molecule has 7 nitrogen and oxygen atoms in total. The molecular weight excluding hydrogens is 286 g/mol. The predicted octanol–water partition coefficient (Wildman–Crippen LogP) is 0.209. The van der Waals surface area contributed by atoms with Crippen molar-refractivity contribution >= 4 is 16.0 Å². The molecule has 0 aromatic heterocycles. The monoisotopic (exact) mass is 299 g/mol. The molecule has 1 aromatic rings. The molecule has 0 bridgehead atoms. The molecule has 20 heavy (non-hydrogen) atoms. The number of esters is 1. The summed E-state index contributed by atoms with van der Waals surface area (Å²) in [7, 11) is -2.32. The summed E-state index contributed by atoms with van der Waals surface area (Å²) in [5.74, 6) is 0.169. The van der Waals surface area contributed by atoms with Gasteiger partial charge in [-0.2, -0.15) is 4.31 Å². The molecule has 2 heterocycles. The van der Waals surface area contributed by atoms with E-state index in [9.17, 15) is 13.2 Å². The highest BCUT2D eigenvalue weighted by Crippen LogP contribution is 2.35. The van der Waals surface area contributed by atoms with Crippen LogP contribution in [0.15, 0.2) is 23.1 Å². The second-order valence-electron chi connectivity index (χ2n) is 4.56. The summed E-state index contributed by atoms with van der Waals surface area (Å²) in [6.07, 6.45) is 0. The molecule has 108 valence electrons. The maximum absolute atomic E-state index is 12.3. The summed E-state index contributed by atoms with van der Waals surface area (Å²) < 4.78 is 40.8. The zero-order valence-corrected chi connectivity index (χ0v) is 11.6. The van der Waals surface area contributed by atoms with Gasteiger partial charge in [-0.3, -0.25) is 4.79 Å². The van der Waals surface area contributed by atoms with Crippen molar-refractivity contribution in [3.8, 4) is 11.5 Å². The molecule has 0 saturated carbocycles. The number of hydrogen-bond donors (Lipinski definition) is 0. The lowest BCUT2D eigenvalue weighted by Crippen LogP contribution is -2.53. The number of methoxy groups -OCH3 is 1. The summed E-state index contributed by atoms with van der Waals surface area (Å²) in [6, 6.07) is 4.46. The lowest BCUT2D eigenvalue weighted by atomic mass is 10.0. The van der Waals surface area contributed by atoms with E-state index in [-0.39, 0.29) is 36.7 Å². The minimum absolute atomic E-state index is 0.0902. The molecule has 0 atom stereocenters. The van der Waals surface area contributed by atoms with Crippen molar-refractivity contribution in [3.05, 3.63) is 18.2 Å². The average molecular weight is 299 g/mol. The van der Waals surface area contributed by atoms with Crippen molar-refractivity contribution in [3.63, 3.8) is 0 Å². The fourth-order valence-electron chi connectivity index (χ4n) is 2.14. The van der Waals surface area contributed by atoms with Crippen molar-refractivity contribution in [1.82, 2.24) is 4.31 Å². The molecule has 1 aromatic carbocycles. The standard InChI is InChI=1S/C12H13NO6S/c1-17-12(14)8-5-13(6-8)20(15,16)9-2-3-10-11(4-9)19-7-18-10/h2-4,8H,5-7H2,1H3. The first-order chi connectivity index (χ1) is 9.52. The van der Waals surface area contributed by atoms with Crippen molar-refractivity contribution in [1.29, 1.82) is 0 Å². The van der Waals surface area contributed by atoms with E-state index in [1.54, 1.807) is 6.07 Å². The van der Waals surface area contributed by atoms with Crippen LogP contribution in [-0.4, -0.2) is 45.7 Å². The van der Waals surface area contributed by atoms with Crippen LogP contribution in [0, 0.1) is 5.92 Å². The fraction of sp³-hybridized carbons (Fsp3) is 0.417. The number of hydrogen-bond acceptors (Lipinski definition) is 6. The molecule has 2 aliphatic rings. The van der Waals surface area contributed by atoms with Crippen molar-refractivity contribution < 1.29 is 27.4 Å². The number of ether oxygens (including phenoxy) is 3. The summed E-state index contributed by atoms with van der Waals surface area (Å²) in [5.41, 5.74) is 0. The fourth-order valence-corrected chi connectivity index (χ4v) is 3.68. The number of sulfonamides is 1. The second-order valence-corrected chi connectivity index (χ2v) is 6.50. The molecule has 3 rings (SSSR count). The normalized spacial score (nSPS) is 18.6. The quantitative estimate of drug-likeness (QED) is 0.742. The Morgan fingerprint density at radius 2 is 2.00 bits per heavy atom. The lowest BCUT2D eigenvalue weighted by Gasteiger charge is -2.36. The maximum atomic E-state index is 12.3. The van der Waals surface area contributed by atoms with Gasteiger partial charge in [0.15, 0.2) is 11.5 Å². The molecule has 0 spiro atoms. The third kappa shape index (κ3) is 2.01. The largest absolute Gasteiger partial charge is 0.469 e. The zero-order chi connectivity index (χ0) is 14.3. The summed E-state index contributed by atoms with van der Waals surface area (Å²) in [6.45, 7) is 0.375. The van der Waals surface area contributed by atoms with Gasteiger partial charge in [0.1, 0.15) is 0 Å². The van der Waals surface area contributed by atoms with Gasteiger partial charge in [0, 0.05) is 19.2 Å². The summed E-state index contributed by atoms with van der Waals surface area (Å²) >= 11 is 0. The highest BCUT2D eigenvalue weighted by Gasteiger charge is 2.41. The Balaban J connectivity index is 1.78. The van der Waals surface area contributed by atoms with E-state index in [1.807, 2.05) is 0 Å². The molecule has 0 aliphatic carbocycles. The van der Waals surface area contributed by atoms with Gasteiger partial charge in [-0.25, -0.2) is 8.42 Å². The molecule has 0 unspecified atom stereocenters. The average Bonchev–Trinajstić information content (AvgIpc) is 2.83. The van der Waals surface area contributed by atoms with Crippen LogP contribution in [-0.2, 0) is 19.6 Å². The molecule has 0 radical (unpaired) electrons. The minimum atomic E-state index is -3.61. The molecular formula is C12H13NO6S. The molecule has 0 amide bonds. The van der Waals surface area contributed by atoms with Crippen LogP contribution in [0.1, 0.15) is 0 Å². The van der Waals surface area contributed by atoms with E-state index in [4.69, 9.17) is 9.47 Å². The van der Waals surface area contributed by atoms with Gasteiger partial charge in [-0.15, -0.1) is 0 Å². The van der Waals surface area contributed by atoms with Gasteiger partial charge >= 0.3 is 5.97 Å². The predicted molar refractivity (Wildman–Crippen MR) is 66.8 cm³/mol. The number of benzene rings is 1. The highest BCUT2D eigenvalue weighted by molar-refractivity contribution is 7.89. The molecule has 8 heteroatoms. The van der Waals surface area contributed by atoms with Crippen LogP contribution in [0.2, 0.25) is 0 Å². The van der Waals surface area contributed by atoms with Gasteiger partial charge < -0.3 is 14.2 Å². The van der Waals surface area contributed by atoms with Gasteiger partial charge in [0.2, 0.25) is 16.8 Å². The summed E-state index contributed by atoms with van der Waals surface area (Å²) in [5, 5.41) is 0. The Morgan fingerprint density at radius 3 is 2.70 bits per heavy atom. The second kappa shape index (κ2) is 4.64. The smallest absolute Gasteiger partial charge is 0.311 e. The van der Waals surface area contributed by atoms with Crippen LogP contribution in [0.3, 0.4) is 0 Å². The molecule has 1 fully saturated rings. The molecule has 1 saturated heterocycles. The van der Waals surface area contributed by atoms with Crippen LogP contribution in [0.4, 0.5) is 0 Å². The first-order valence-corrected chi connectivity index (χ1v) is 7.44. The number of nitrogens with zero attached hydrogens (tertiary/aromatic N) is 1. The van der Waals surface area contributed by atoms with E-state index >= 15 is 0 Å². The van der Waals surface area contributed by atoms with Crippen molar-refractivity contribution in [2.75, 3.05) is 27.0 Å². The Bertz CT molecular complexity index is 650. The van der Waals surface area contributed by atoms with Gasteiger partial charge in [0.25, 0.3) is 0 Å². The highest BCUT2D eigenvalue weighted by atomic mass is 32.2. The van der Waals surface area contributed by atoms with Crippen LogP contribution in [0.25, 0.3) is 0 Å². The van der Waals surface area contributed by atoms with E-state index in [0.717, 1.165) is 0 Å². The maximum Gasteiger partial charge on any atom is 0.311 e. The van der Waals surface area contributed by atoms with Crippen LogP contribution in [0.5, 0.6) is 11.5 Å². The number of carbonyl (C=O) groups excluding carboxylic acids is 1. The first kappa shape index (κ1) is 13.2. The first-order valence-electron chi connectivity index (χ1n) is 6.00. The minimum Gasteiger partial charge on any atom is -0.469 e. The lowest BCUT2D eigenvalue weighted by molar-refractivity contribution is -0.149. The zero-order valence-electron chi connectivity index (χ0n) is 10.7. The third-order valence-electron chi connectivity index (χ3n) is 3.36. The van der Waals surface area contributed by atoms with E-state index in [1.165, 1.54) is 23.5 Å². The van der Waals surface area contributed by atoms with Gasteiger partial charge in [0.05, 0.1) is 17.9 Å². The number of fused-ring (bicyclic) bond motifs is 1. The molecule has 0 N–H and O–H groups in total. The van der Waals surface area contributed by atoms with Crippen molar-refractivity contribution in [2.24, 2.45) is 5.92 Å². The Labute approximate surface area is 116 Å². The van der Waals surface area contributed by atoms with Crippen LogP contribution >= 0.6 is 0 Å². The summed E-state index contributed by atoms with van der Waals surface area (Å²) in [4.78, 5) is 11.4. The third-order valence-corrected chi connectivity index (χ3v) is 5.19. The van der Waals surface area contributed by atoms with Crippen LogP contribution < -0.4 is 9.47 Å². The Hall–Kier alpha value is -1.80. The Kier molecular flexibility index (Phi) is 3.06.